The molecule has 2 aromatic rings. The van der Waals surface area contributed by atoms with E-state index in [9.17, 15) is 13.2 Å². The van der Waals surface area contributed by atoms with Crippen LogP contribution in [0, 0.1) is 0 Å². The first-order chi connectivity index (χ1) is 12.5. The molecule has 0 spiro atoms. The zero-order chi connectivity index (χ0) is 18.6. The maximum Gasteiger partial charge on any atom is 0.263 e. The molecule has 0 aromatic heterocycles. The van der Waals surface area contributed by atoms with Crippen molar-refractivity contribution < 1.29 is 13.2 Å². The third-order valence-corrected chi connectivity index (χ3v) is 5.41. The molecule has 1 amide bonds. The van der Waals surface area contributed by atoms with E-state index in [2.05, 4.69) is 15.0 Å². The standard InChI is InChI=1S/C18H20N4O3S/c1-22(14-7-3-2-4-8-14)12-11-19-17(23)13-20-18-15-9-5-6-10-16(15)26(24,25)21-18/h2-10H,11-13H2,1H3,(H,19,23)(H,20,21). The fourth-order valence-corrected chi connectivity index (χ4v) is 3.88. The molecule has 26 heavy (non-hydrogen) atoms. The van der Waals surface area contributed by atoms with Crippen LogP contribution in [0.5, 0.6) is 0 Å². The van der Waals surface area contributed by atoms with Gasteiger partial charge < -0.3 is 10.2 Å². The number of hydrogen-bond acceptors (Lipinski definition) is 5. The third kappa shape index (κ3) is 4.02. The molecule has 1 aliphatic heterocycles. The Bertz CT molecular complexity index is 926. The first-order valence-corrected chi connectivity index (χ1v) is 9.65. The molecule has 1 aliphatic rings. The van der Waals surface area contributed by atoms with Crippen molar-refractivity contribution in [2.45, 2.75) is 4.90 Å². The Morgan fingerprint density at radius 1 is 1.12 bits per heavy atom. The summed E-state index contributed by atoms with van der Waals surface area (Å²) in [7, 11) is -1.63. The first kappa shape index (κ1) is 17.9. The molecule has 0 atom stereocenters. The van der Waals surface area contributed by atoms with Crippen molar-refractivity contribution >= 4 is 27.5 Å². The first-order valence-electron chi connectivity index (χ1n) is 8.17. The minimum Gasteiger partial charge on any atom is -0.373 e. The van der Waals surface area contributed by atoms with Crippen LogP contribution in [-0.4, -0.2) is 46.8 Å². The van der Waals surface area contributed by atoms with Gasteiger partial charge in [0.1, 0.15) is 12.4 Å². The Kier molecular flexibility index (Phi) is 5.22. The highest BCUT2D eigenvalue weighted by Crippen LogP contribution is 2.21. The van der Waals surface area contributed by atoms with Gasteiger partial charge in [-0.25, -0.2) is 8.42 Å². The molecule has 0 unspecified atom stereocenters. The number of carbonyl (C=O) groups is 1. The molecule has 136 valence electrons. The summed E-state index contributed by atoms with van der Waals surface area (Å²) in [6, 6.07) is 16.4. The van der Waals surface area contributed by atoms with Gasteiger partial charge in [-0.15, -0.1) is 0 Å². The number of hydrogen-bond donors (Lipinski definition) is 2. The lowest BCUT2D eigenvalue weighted by Gasteiger charge is -2.19. The molecule has 0 bridgehead atoms. The number of amides is 1. The van der Waals surface area contributed by atoms with Crippen LogP contribution in [0.3, 0.4) is 0 Å². The molecular formula is C18H20N4O3S. The number of amidine groups is 1. The van der Waals surface area contributed by atoms with Gasteiger partial charge in [0, 0.05) is 31.4 Å². The van der Waals surface area contributed by atoms with Gasteiger partial charge in [-0.05, 0) is 24.3 Å². The number of fused-ring (bicyclic) bond motifs is 1. The average molecular weight is 372 g/mol. The van der Waals surface area contributed by atoms with Crippen LogP contribution in [0.2, 0.25) is 0 Å². The smallest absolute Gasteiger partial charge is 0.263 e. The summed E-state index contributed by atoms with van der Waals surface area (Å²) in [5.41, 5.74) is 1.56. The van der Waals surface area contributed by atoms with E-state index in [4.69, 9.17) is 0 Å². The maximum absolute atomic E-state index is 12.0. The molecule has 0 saturated carbocycles. The maximum atomic E-state index is 12.0. The second-order valence-corrected chi connectivity index (χ2v) is 7.52. The Morgan fingerprint density at radius 2 is 1.81 bits per heavy atom. The van der Waals surface area contributed by atoms with Crippen molar-refractivity contribution in [3.8, 4) is 0 Å². The molecule has 0 radical (unpaired) electrons. The molecule has 2 aromatic carbocycles. The lowest BCUT2D eigenvalue weighted by Crippen LogP contribution is -2.34. The zero-order valence-electron chi connectivity index (χ0n) is 14.3. The summed E-state index contributed by atoms with van der Waals surface area (Å²) >= 11 is 0. The van der Waals surface area contributed by atoms with Crippen LogP contribution in [-0.2, 0) is 14.8 Å². The highest BCUT2D eigenvalue weighted by atomic mass is 32.2. The third-order valence-electron chi connectivity index (χ3n) is 4.01. The fourth-order valence-electron chi connectivity index (χ4n) is 2.63. The van der Waals surface area contributed by atoms with Crippen molar-refractivity contribution in [2.24, 2.45) is 4.99 Å². The fraction of sp³-hybridized carbons (Fsp3) is 0.222. The van der Waals surface area contributed by atoms with Gasteiger partial charge >= 0.3 is 0 Å². The van der Waals surface area contributed by atoms with Crippen molar-refractivity contribution in [3.63, 3.8) is 0 Å². The Hall–Kier alpha value is -2.87. The van der Waals surface area contributed by atoms with Crippen molar-refractivity contribution in [3.05, 3.63) is 60.2 Å². The van der Waals surface area contributed by atoms with Gasteiger partial charge in [-0.3, -0.25) is 14.5 Å². The monoisotopic (exact) mass is 372 g/mol. The van der Waals surface area contributed by atoms with Gasteiger partial charge in [-0.2, -0.15) is 0 Å². The van der Waals surface area contributed by atoms with Crippen molar-refractivity contribution in [2.75, 3.05) is 31.6 Å². The van der Waals surface area contributed by atoms with Gasteiger partial charge in [-0.1, -0.05) is 30.3 Å². The number of nitrogens with zero attached hydrogens (tertiary/aromatic N) is 2. The second kappa shape index (κ2) is 7.57. The Balaban J connectivity index is 1.53. The highest BCUT2D eigenvalue weighted by molar-refractivity contribution is 7.90. The highest BCUT2D eigenvalue weighted by Gasteiger charge is 2.30. The van der Waals surface area contributed by atoms with Crippen LogP contribution in [0.4, 0.5) is 5.69 Å². The predicted octanol–water partition coefficient (Wildman–Crippen LogP) is 0.978. The van der Waals surface area contributed by atoms with E-state index in [0.717, 1.165) is 5.69 Å². The number of sulfonamides is 1. The SMILES string of the molecule is CN(CCNC(=O)CN=C1NS(=O)(=O)c2ccccc21)c1ccccc1. The van der Waals surface area contributed by atoms with Crippen molar-refractivity contribution in [1.82, 2.24) is 10.0 Å². The van der Waals surface area contributed by atoms with Crippen LogP contribution in [0.15, 0.2) is 64.5 Å². The minimum atomic E-state index is -3.58. The van der Waals surface area contributed by atoms with E-state index in [-0.39, 0.29) is 23.2 Å². The van der Waals surface area contributed by atoms with Gasteiger partial charge in [0.05, 0.1) is 4.90 Å². The summed E-state index contributed by atoms with van der Waals surface area (Å²) in [4.78, 5) is 18.3. The quantitative estimate of drug-likeness (QED) is 0.791. The Labute approximate surface area is 152 Å². The van der Waals surface area contributed by atoms with E-state index in [1.54, 1.807) is 18.2 Å². The summed E-state index contributed by atoms with van der Waals surface area (Å²) < 4.78 is 26.4. The van der Waals surface area contributed by atoms with E-state index in [1.165, 1.54) is 6.07 Å². The van der Waals surface area contributed by atoms with E-state index in [1.807, 2.05) is 42.3 Å². The van der Waals surface area contributed by atoms with E-state index < -0.39 is 10.0 Å². The van der Waals surface area contributed by atoms with Crippen LogP contribution in [0.1, 0.15) is 5.56 Å². The number of benzene rings is 2. The van der Waals surface area contributed by atoms with Crippen molar-refractivity contribution in [1.29, 1.82) is 0 Å². The molecule has 1 heterocycles. The van der Waals surface area contributed by atoms with E-state index >= 15 is 0 Å². The van der Waals surface area contributed by atoms with Gasteiger partial charge in [0.2, 0.25) is 5.91 Å². The molecule has 3 rings (SSSR count). The molecule has 8 heteroatoms. The lowest BCUT2D eigenvalue weighted by atomic mass is 10.2. The number of nitrogens with one attached hydrogen (secondary N) is 2. The molecule has 7 nitrogen and oxygen atoms in total. The lowest BCUT2D eigenvalue weighted by molar-refractivity contribution is -0.119. The topological polar surface area (TPSA) is 90.9 Å². The summed E-state index contributed by atoms with van der Waals surface area (Å²) in [5.74, 6) is -0.0558. The summed E-state index contributed by atoms with van der Waals surface area (Å²) in [6.07, 6.45) is 0. The number of anilines is 1. The number of aliphatic imine (C=N–C) groups is 1. The number of rotatable bonds is 6. The van der Waals surface area contributed by atoms with Crippen LogP contribution < -0.4 is 14.9 Å². The zero-order valence-corrected chi connectivity index (χ0v) is 15.2. The van der Waals surface area contributed by atoms with E-state index in [0.29, 0.717) is 18.7 Å². The number of carbonyl (C=O) groups excluding carboxylic acids is 1. The molecule has 0 aliphatic carbocycles. The number of para-hydroxylation sites is 1. The van der Waals surface area contributed by atoms with Crippen LogP contribution in [0.25, 0.3) is 0 Å². The second-order valence-electron chi connectivity index (χ2n) is 5.87. The molecular weight excluding hydrogens is 352 g/mol. The van der Waals surface area contributed by atoms with Gasteiger partial charge in [0.25, 0.3) is 10.0 Å². The Morgan fingerprint density at radius 3 is 2.58 bits per heavy atom. The molecule has 0 saturated heterocycles. The molecule has 2 N–H and O–H groups in total. The largest absolute Gasteiger partial charge is 0.373 e. The molecule has 0 fully saturated rings. The average Bonchev–Trinajstić information content (AvgIpc) is 2.91. The minimum absolute atomic E-state index is 0.138. The summed E-state index contributed by atoms with van der Waals surface area (Å²) in [5, 5.41) is 2.79. The number of likely N-dealkylation sites (N-methyl/N-ethyl adjacent to an activating group) is 1. The normalized spacial score (nSPS) is 16.0. The van der Waals surface area contributed by atoms with Gasteiger partial charge in [0.15, 0.2) is 0 Å². The summed E-state index contributed by atoms with van der Waals surface area (Å²) in [6.45, 7) is 0.987. The predicted molar refractivity (Wildman–Crippen MR) is 101 cm³/mol. The van der Waals surface area contributed by atoms with Crippen LogP contribution >= 0.6 is 0 Å².